The standard InChI is InChI=1S/C16H25ClN4O/c1-10(2)16(5,22)9-18-7-12-6-13-8-19-21(11(3)4)15(13)20-14(12)17/h6,8,10-11,18,22H,7,9H2,1-5H3. The van der Waals surface area contributed by atoms with Crippen LogP contribution in [0.4, 0.5) is 0 Å². The van der Waals surface area contributed by atoms with Crippen molar-refractivity contribution < 1.29 is 5.11 Å². The summed E-state index contributed by atoms with van der Waals surface area (Å²) in [5.41, 5.74) is 0.974. The summed E-state index contributed by atoms with van der Waals surface area (Å²) in [6, 6.07) is 2.25. The van der Waals surface area contributed by atoms with Crippen LogP contribution in [0.5, 0.6) is 0 Å². The molecule has 0 saturated carbocycles. The molecule has 0 spiro atoms. The molecule has 2 N–H and O–H groups in total. The molecule has 1 unspecified atom stereocenters. The van der Waals surface area contributed by atoms with Gasteiger partial charge in [-0.25, -0.2) is 9.67 Å². The van der Waals surface area contributed by atoms with Gasteiger partial charge in [-0.15, -0.1) is 0 Å². The summed E-state index contributed by atoms with van der Waals surface area (Å²) in [4.78, 5) is 4.47. The van der Waals surface area contributed by atoms with Crippen LogP contribution < -0.4 is 5.32 Å². The first-order valence-corrected chi connectivity index (χ1v) is 8.06. The van der Waals surface area contributed by atoms with Gasteiger partial charge in [0.25, 0.3) is 0 Å². The van der Waals surface area contributed by atoms with Crippen molar-refractivity contribution in [2.45, 2.75) is 52.8 Å². The summed E-state index contributed by atoms with van der Waals surface area (Å²) in [7, 11) is 0. The number of pyridine rings is 1. The monoisotopic (exact) mass is 324 g/mol. The van der Waals surface area contributed by atoms with Gasteiger partial charge in [0.1, 0.15) is 5.15 Å². The van der Waals surface area contributed by atoms with E-state index in [1.165, 1.54) is 0 Å². The maximum Gasteiger partial charge on any atom is 0.159 e. The van der Waals surface area contributed by atoms with Crippen molar-refractivity contribution in [3.8, 4) is 0 Å². The van der Waals surface area contributed by atoms with Crippen molar-refractivity contribution in [3.05, 3.63) is 23.0 Å². The minimum atomic E-state index is -0.744. The van der Waals surface area contributed by atoms with Crippen LogP contribution in [0.25, 0.3) is 11.0 Å². The van der Waals surface area contributed by atoms with E-state index in [4.69, 9.17) is 11.6 Å². The average Bonchev–Trinajstić information content (AvgIpc) is 2.81. The molecule has 0 aliphatic carbocycles. The molecule has 2 aromatic rings. The van der Waals surface area contributed by atoms with Crippen LogP contribution in [-0.4, -0.2) is 32.0 Å². The van der Waals surface area contributed by atoms with E-state index in [9.17, 15) is 5.11 Å². The van der Waals surface area contributed by atoms with Gasteiger partial charge >= 0.3 is 0 Å². The Morgan fingerprint density at radius 2 is 2.05 bits per heavy atom. The molecular weight excluding hydrogens is 300 g/mol. The maximum atomic E-state index is 10.3. The summed E-state index contributed by atoms with van der Waals surface area (Å²) in [5, 5.41) is 19.3. The number of nitrogens with one attached hydrogen (secondary N) is 1. The van der Waals surface area contributed by atoms with Gasteiger partial charge in [0, 0.05) is 30.1 Å². The smallest absolute Gasteiger partial charge is 0.159 e. The van der Waals surface area contributed by atoms with Gasteiger partial charge in [0.15, 0.2) is 5.65 Å². The number of hydrogen-bond acceptors (Lipinski definition) is 4. The van der Waals surface area contributed by atoms with Crippen molar-refractivity contribution >= 4 is 22.6 Å². The fraction of sp³-hybridized carbons (Fsp3) is 0.625. The van der Waals surface area contributed by atoms with Crippen LogP contribution >= 0.6 is 11.6 Å². The number of nitrogens with zero attached hydrogens (tertiary/aromatic N) is 3. The van der Waals surface area contributed by atoms with Gasteiger partial charge in [-0.1, -0.05) is 25.4 Å². The van der Waals surface area contributed by atoms with E-state index in [2.05, 4.69) is 29.2 Å². The Bertz CT molecular complexity index is 649. The molecule has 0 aliphatic heterocycles. The number of halogens is 1. The van der Waals surface area contributed by atoms with Gasteiger partial charge in [-0.05, 0) is 32.8 Å². The Hall–Kier alpha value is -1.17. The predicted octanol–water partition coefficient (Wildman–Crippen LogP) is 3.16. The third-order valence-corrected chi connectivity index (χ3v) is 4.45. The van der Waals surface area contributed by atoms with Crippen LogP contribution in [0, 0.1) is 5.92 Å². The predicted molar refractivity (Wildman–Crippen MR) is 90.1 cm³/mol. The molecule has 22 heavy (non-hydrogen) atoms. The lowest BCUT2D eigenvalue weighted by Crippen LogP contribution is -2.42. The van der Waals surface area contributed by atoms with Crippen LogP contribution in [0.1, 0.15) is 46.2 Å². The first-order valence-electron chi connectivity index (χ1n) is 7.68. The molecule has 0 amide bonds. The molecule has 2 heterocycles. The first-order chi connectivity index (χ1) is 10.2. The number of fused-ring (bicyclic) bond motifs is 1. The van der Waals surface area contributed by atoms with Gasteiger partial charge < -0.3 is 10.4 Å². The second kappa shape index (κ2) is 6.52. The van der Waals surface area contributed by atoms with E-state index in [1.54, 1.807) is 0 Å². The number of aromatic nitrogens is 3. The zero-order valence-electron chi connectivity index (χ0n) is 13.9. The minimum absolute atomic E-state index is 0.181. The van der Waals surface area contributed by atoms with Gasteiger partial charge in [-0.2, -0.15) is 5.10 Å². The highest BCUT2D eigenvalue weighted by molar-refractivity contribution is 6.30. The van der Waals surface area contributed by atoms with E-state index < -0.39 is 5.60 Å². The molecule has 6 heteroatoms. The molecule has 2 aromatic heterocycles. The Balaban J connectivity index is 2.14. The number of aliphatic hydroxyl groups is 1. The fourth-order valence-corrected chi connectivity index (χ4v) is 2.36. The van der Waals surface area contributed by atoms with Gasteiger partial charge in [0.05, 0.1) is 11.8 Å². The largest absolute Gasteiger partial charge is 0.389 e. The third-order valence-electron chi connectivity index (χ3n) is 4.13. The molecule has 0 fully saturated rings. The van der Waals surface area contributed by atoms with Crippen molar-refractivity contribution in [1.82, 2.24) is 20.1 Å². The van der Waals surface area contributed by atoms with E-state index in [-0.39, 0.29) is 12.0 Å². The Labute approximate surface area is 136 Å². The van der Waals surface area contributed by atoms with Gasteiger partial charge in [0.2, 0.25) is 0 Å². The van der Waals surface area contributed by atoms with Crippen molar-refractivity contribution in [2.24, 2.45) is 5.92 Å². The molecule has 0 aromatic carbocycles. The van der Waals surface area contributed by atoms with Crippen LogP contribution in [-0.2, 0) is 6.54 Å². The zero-order chi connectivity index (χ0) is 16.5. The van der Waals surface area contributed by atoms with Crippen molar-refractivity contribution in [1.29, 1.82) is 0 Å². The summed E-state index contributed by atoms with van der Waals surface area (Å²) in [6.07, 6.45) is 1.81. The Kier molecular flexibility index (Phi) is 5.10. The maximum absolute atomic E-state index is 10.3. The fourth-order valence-electron chi connectivity index (χ4n) is 2.15. The van der Waals surface area contributed by atoms with E-state index in [1.807, 2.05) is 37.7 Å². The minimum Gasteiger partial charge on any atom is -0.389 e. The Morgan fingerprint density at radius 1 is 1.36 bits per heavy atom. The lowest BCUT2D eigenvalue weighted by atomic mass is 9.92. The molecule has 1 atom stereocenters. The Morgan fingerprint density at radius 3 is 2.64 bits per heavy atom. The number of hydrogen-bond donors (Lipinski definition) is 2. The molecule has 2 rings (SSSR count). The highest BCUT2D eigenvalue weighted by Crippen LogP contribution is 2.22. The topological polar surface area (TPSA) is 63.0 Å². The molecule has 0 bridgehead atoms. The molecule has 0 aliphatic rings. The second-order valence-electron chi connectivity index (χ2n) is 6.65. The SMILES string of the molecule is CC(C)n1ncc2cc(CNCC(C)(O)C(C)C)c(Cl)nc21. The molecule has 0 saturated heterocycles. The van der Waals surface area contributed by atoms with E-state index >= 15 is 0 Å². The molecule has 5 nitrogen and oxygen atoms in total. The van der Waals surface area contributed by atoms with Crippen molar-refractivity contribution in [3.63, 3.8) is 0 Å². The molecular formula is C16H25ClN4O. The highest BCUT2D eigenvalue weighted by Gasteiger charge is 2.24. The van der Waals surface area contributed by atoms with E-state index in [0.717, 1.165) is 16.6 Å². The van der Waals surface area contributed by atoms with Crippen LogP contribution in [0.2, 0.25) is 5.15 Å². The summed E-state index contributed by atoms with van der Waals surface area (Å²) in [6.45, 7) is 11.0. The summed E-state index contributed by atoms with van der Waals surface area (Å²) < 4.78 is 1.86. The average molecular weight is 325 g/mol. The first kappa shape index (κ1) is 17.2. The van der Waals surface area contributed by atoms with Gasteiger partial charge in [-0.3, -0.25) is 0 Å². The quantitative estimate of drug-likeness (QED) is 0.801. The molecule has 122 valence electrons. The van der Waals surface area contributed by atoms with Crippen molar-refractivity contribution in [2.75, 3.05) is 6.54 Å². The third kappa shape index (κ3) is 3.59. The van der Waals surface area contributed by atoms with Crippen LogP contribution in [0.15, 0.2) is 12.3 Å². The lowest BCUT2D eigenvalue weighted by molar-refractivity contribution is 0.0140. The zero-order valence-corrected chi connectivity index (χ0v) is 14.6. The second-order valence-corrected chi connectivity index (χ2v) is 7.01. The summed E-state index contributed by atoms with van der Waals surface area (Å²) in [5.74, 6) is 0.181. The highest BCUT2D eigenvalue weighted by atomic mass is 35.5. The number of rotatable bonds is 6. The summed E-state index contributed by atoms with van der Waals surface area (Å²) >= 11 is 6.29. The molecule has 0 radical (unpaired) electrons. The normalized spacial score (nSPS) is 15.0. The van der Waals surface area contributed by atoms with Crippen LogP contribution in [0.3, 0.4) is 0 Å². The lowest BCUT2D eigenvalue weighted by Gasteiger charge is -2.28. The van der Waals surface area contributed by atoms with E-state index in [0.29, 0.717) is 18.2 Å².